The summed E-state index contributed by atoms with van der Waals surface area (Å²) in [5.41, 5.74) is 5.07. The van der Waals surface area contributed by atoms with Crippen molar-refractivity contribution < 1.29 is 14.6 Å². The van der Waals surface area contributed by atoms with E-state index < -0.39 is 0 Å². The molecule has 1 atom stereocenters. The minimum Gasteiger partial charge on any atom is -0.508 e. The number of para-hydroxylation sites is 2. The van der Waals surface area contributed by atoms with Crippen LogP contribution in [0.1, 0.15) is 59.5 Å². The third kappa shape index (κ3) is 3.12. The summed E-state index contributed by atoms with van der Waals surface area (Å²) in [5, 5.41) is 24.0. The summed E-state index contributed by atoms with van der Waals surface area (Å²) in [6.45, 7) is 4.16. The normalized spacial score (nSPS) is 15.9. The van der Waals surface area contributed by atoms with Gasteiger partial charge in [-0.05, 0) is 30.0 Å². The smallest absolute Gasteiger partial charge is 0.185 e. The molecule has 5 rings (SSSR count). The Kier molecular flexibility index (Phi) is 4.89. The standard InChI is InChI=1S/C25H24N4O3/c1-14(2)23-22(17-9-5-7-11-21(17)32-3)25-27-26-24-18(29(25)28-23)12-15(13-20(24)31)16-8-4-6-10-19(16)30/h4-11,14-15,30H,12-13H2,1-3H3/t15-/m1/s1. The Hall–Kier alpha value is -3.74. The summed E-state index contributed by atoms with van der Waals surface area (Å²) < 4.78 is 7.37. The Labute approximate surface area is 185 Å². The zero-order chi connectivity index (χ0) is 22.4. The van der Waals surface area contributed by atoms with Crippen molar-refractivity contribution in [3.63, 3.8) is 0 Å². The van der Waals surface area contributed by atoms with Gasteiger partial charge < -0.3 is 9.84 Å². The molecule has 0 saturated carbocycles. The fourth-order valence-electron chi connectivity index (χ4n) is 4.55. The van der Waals surface area contributed by atoms with Gasteiger partial charge in [-0.15, -0.1) is 10.2 Å². The first-order valence-electron chi connectivity index (χ1n) is 10.7. The number of ketones is 1. The highest BCUT2D eigenvalue weighted by atomic mass is 16.5. The van der Waals surface area contributed by atoms with Crippen molar-refractivity contribution in [3.8, 4) is 22.6 Å². The van der Waals surface area contributed by atoms with Gasteiger partial charge in [0, 0.05) is 17.9 Å². The Balaban J connectivity index is 1.74. The Morgan fingerprint density at radius 1 is 1.06 bits per heavy atom. The van der Waals surface area contributed by atoms with Crippen LogP contribution in [0.2, 0.25) is 0 Å². The quantitative estimate of drug-likeness (QED) is 0.513. The molecule has 7 nitrogen and oxygen atoms in total. The van der Waals surface area contributed by atoms with Gasteiger partial charge in [0.1, 0.15) is 11.5 Å². The maximum absolute atomic E-state index is 13.0. The third-order valence-electron chi connectivity index (χ3n) is 6.10. The second-order valence-corrected chi connectivity index (χ2v) is 8.43. The van der Waals surface area contributed by atoms with Gasteiger partial charge in [0.15, 0.2) is 17.1 Å². The lowest BCUT2D eigenvalue weighted by Crippen LogP contribution is -2.24. The van der Waals surface area contributed by atoms with Gasteiger partial charge in [0.05, 0.1) is 24.1 Å². The monoisotopic (exact) mass is 428 g/mol. The van der Waals surface area contributed by atoms with E-state index in [4.69, 9.17) is 9.84 Å². The van der Waals surface area contributed by atoms with Crippen molar-refractivity contribution in [2.24, 2.45) is 0 Å². The van der Waals surface area contributed by atoms with Gasteiger partial charge in [-0.25, -0.2) is 4.52 Å². The van der Waals surface area contributed by atoms with Gasteiger partial charge in [-0.2, -0.15) is 5.10 Å². The van der Waals surface area contributed by atoms with E-state index in [-0.39, 0.29) is 29.8 Å². The van der Waals surface area contributed by atoms with Gasteiger partial charge >= 0.3 is 0 Å². The Morgan fingerprint density at radius 3 is 2.56 bits per heavy atom. The van der Waals surface area contributed by atoms with Crippen LogP contribution in [0.3, 0.4) is 0 Å². The number of phenols is 1. The first kappa shape index (κ1) is 20.2. The summed E-state index contributed by atoms with van der Waals surface area (Å²) in [5.74, 6) is 0.817. The van der Waals surface area contributed by atoms with Crippen molar-refractivity contribution in [2.75, 3.05) is 7.11 Å². The molecule has 0 bridgehead atoms. The lowest BCUT2D eigenvalue weighted by atomic mass is 9.83. The fraction of sp³-hybridized carbons (Fsp3) is 0.280. The van der Waals surface area contributed by atoms with Crippen LogP contribution in [-0.2, 0) is 6.42 Å². The zero-order valence-electron chi connectivity index (χ0n) is 18.2. The lowest BCUT2D eigenvalue weighted by Gasteiger charge is -2.23. The topological polar surface area (TPSA) is 89.6 Å². The predicted molar refractivity (Wildman–Crippen MR) is 120 cm³/mol. The van der Waals surface area contributed by atoms with E-state index in [1.54, 1.807) is 23.8 Å². The summed E-state index contributed by atoms with van der Waals surface area (Å²) >= 11 is 0. The number of rotatable bonds is 4. The molecule has 0 unspecified atom stereocenters. The average molecular weight is 428 g/mol. The molecule has 162 valence electrons. The number of methoxy groups -OCH3 is 1. The zero-order valence-corrected chi connectivity index (χ0v) is 18.2. The van der Waals surface area contributed by atoms with Crippen LogP contribution in [0.4, 0.5) is 0 Å². The number of Topliss-reactive ketones (excluding diaryl/α,β-unsaturated/α-hetero) is 1. The van der Waals surface area contributed by atoms with Crippen LogP contribution in [0.25, 0.3) is 16.8 Å². The molecule has 2 aromatic carbocycles. The van der Waals surface area contributed by atoms with Crippen molar-refractivity contribution >= 4 is 11.4 Å². The molecule has 0 saturated heterocycles. The molecule has 2 aromatic heterocycles. The number of carbonyl (C=O) groups is 1. The number of phenolic OH excluding ortho intramolecular Hbond substituents is 1. The lowest BCUT2D eigenvalue weighted by molar-refractivity contribution is 0.0955. The summed E-state index contributed by atoms with van der Waals surface area (Å²) in [4.78, 5) is 13.0. The molecule has 1 aliphatic carbocycles. The van der Waals surface area contributed by atoms with E-state index in [1.807, 2.05) is 36.4 Å². The molecule has 0 aliphatic heterocycles. The summed E-state index contributed by atoms with van der Waals surface area (Å²) in [7, 11) is 1.64. The molecule has 2 heterocycles. The van der Waals surface area contributed by atoms with E-state index in [2.05, 4.69) is 24.0 Å². The molecular formula is C25H24N4O3. The fourth-order valence-corrected chi connectivity index (χ4v) is 4.55. The van der Waals surface area contributed by atoms with Crippen LogP contribution in [0.5, 0.6) is 11.5 Å². The first-order valence-corrected chi connectivity index (χ1v) is 10.7. The average Bonchev–Trinajstić information content (AvgIpc) is 3.19. The van der Waals surface area contributed by atoms with Crippen LogP contribution >= 0.6 is 0 Å². The molecule has 7 heteroatoms. The first-order chi connectivity index (χ1) is 15.5. The number of nitrogens with zero attached hydrogens (tertiary/aromatic N) is 4. The van der Waals surface area contributed by atoms with Crippen molar-refractivity contribution in [1.29, 1.82) is 0 Å². The van der Waals surface area contributed by atoms with Gasteiger partial charge in [0.25, 0.3) is 0 Å². The minimum absolute atomic E-state index is 0.0886. The number of hydrogen-bond acceptors (Lipinski definition) is 6. The molecule has 0 radical (unpaired) electrons. The summed E-state index contributed by atoms with van der Waals surface area (Å²) in [6, 6.07) is 14.9. The van der Waals surface area contributed by atoms with Crippen LogP contribution < -0.4 is 4.74 Å². The number of fused-ring (bicyclic) bond motifs is 3. The highest BCUT2D eigenvalue weighted by Crippen LogP contribution is 2.40. The molecule has 0 spiro atoms. The largest absolute Gasteiger partial charge is 0.508 e. The summed E-state index contributed by atoms with van der Waals surface area (Å²) in [6.07, 6.45) is 0.817. The Bertz CT molecular complexity index is 1340. The second-order valence-electron chi connectivity index (χ2n) is 8.43. The van der Waals surface area contributed by atoms with Crippen LogP contribution in [0.15, 0.2) is 48.5 Å². The van der Waals surface area contributed by atoms with Gasteiger partial charge in [0.2, 0.25) is 0 Å². The van der Waals surface area contributed by atoms with Crippen LogP contribution in [0, 0.1) is 0 Å². The molecule has 1 aliphatic rings. The molecule has 32 heavy (non-hydrogen) atoms. The van der Waals surface area contributed by atoms with Crippen molar-refractivity contribution in [1.82, 2.24) is 19.8 Å². The van der Waals surface area contributed by atoms with E-state index in [9.17, 15) is 9.90 Å². The molecule has 4 aromatic rings. The Morgan fingerprint density at radius 2 is 1.81 bits per heavy atom. The number of hydrogen-bond donors (Lipinski definition) is 1. The number of carbonyl (C=O) groups excluding carboxylic acids is 1. The number of ether oxygens (including phenoxy) is 1. The molecule has 0 amide bonds. The van der Waals surface area contributed by atoms with Gasteiger partial charge in [-0.3, -0.25) is 4.79 Å². The van der Waals surface area contributed by atoms with Crippen molar-refractivity contribution in [2.45, 2.75) is 38.5 Å². The van der Waals surface area contributed by atoms with E-state index >= 15 is 0 Å². The predicted octanol–water partition coefficient (Wildman–Crippen LogP) is 4.54. The van der Waals surface area contributed by atoms with Crippen molar-refractivity contribution in [3.05, 3.63) is 71.2 Å². The minimum atomic E-state index is -0.148. The van der Waals surface area contributed by atoms with Gasteiger partial charge in [-0.1, -0.05) is 50.2 Å². The SMILES string of the molecule is COc1ccccc1-c1c(C(C)C)nn2c3c(nnc12)C(=O)C[C@H](c1ccccc1O)C3. The van der Waals surface area contributed by atoms with E-state index in [0.29, 0.717) is 17.8 Å². The molecule has 1 N–H and O–H groups in total. The highest BCUT2D eigenvalue weighted by molar-refractivity contribution is 5.97. The van der Waals surface area contributed by atoms with Crippen LogP contribution in [-0.4, -0.2) is 37.8 Å². The maximum Gasteiger partial charge on any atom is 0.185 e. The molecule has 0 fully saturated rings. The maximum atomic E-state index is 13.0. The number of benzene rings is 2. The highest BCUT2D eigenvalue weighted by Gasteiger charge is 2.33. The third-order valence-corrected chi connectivity index (χ3v) is 6.10. The van der Waals surface area contributed by atoms with E-state index in [0.717, 1.165) is 33.8 Å². The molecular weight excluding hydrogens is 404 g/mol. The second kappa shape index (κ2) is 7.75. The number of aromatic nitrogens is 4. The number of aromatic hydroxyl groups is 1. The van der Waals surface area contributed by atoms with E-state index in [1.165, 1.54) is 0 Å².